The number of fused-ring (bicyclic) bond motifs is 2. The van der Waals surface area contributed by atoms with Crippen LogP contribution in [0.5, 0.6) is 11.5 Å². The van der Waals surface area contributed by atoms with Gasteiger partial charge in [-0.15, -0.1) is 0 Å². The zero-order chi connectivity index (χ0) is 23.6. The zero-order valence-electron chi connectivity index (χ0n) is 19.1. The summed E-state index contributed by atoms with van der Waals surface area (Å²) < 4.78 is 11.2. The zero-order valence-corrected chi connectivity index (χ0v) is 19.1. The van der Waals surface area contributed by atoms with Gasteiger partial charge >= 0.3 is 0 Å². The largest absolute Gasteiger partial charge is 0.486 e. The van der Waals surface area contributed by atoms with E-state index in [0.717, 1.165) is 48.7 Å². The van der Waals surface area contributed by atoms with Gasteiger partial charge in [0.2, 0.25) is 5.95 Å². The Morgan fingerprint density at radius 1 is 0.800 bits per heavy atom. The van der Waals surface area contributed by atoms with Gasteiger partial charge < -0.3 is 24.6 Å². The highest BCUT2D eigenvalue weighted by Gasteiger charge is 2.23. The van der Waals surface area contributed by atoms with Crippen molar-refractivity contribution < 1.29 is 14.3 Å². The van der Waals surface area contributed by atoms with Crippen molar-refractivity contribution in [3.63, 3.8) is 0 Å². The first-order valence-corrected chi connectivity index (χ1v) is 11.6. The molecule has 9 heteroatoms. The van der Waals surface area contributed by atoms with Crippen molar-refractivity contribution in [1.29, 1.82) is 0 Å². The molecule has 2 aromatic carbocycles. The highest BCUT2D eigenvalue weighted by Crippen LogP contribution is 2.33. The third-order valence-electron chi connectivity index (χ3n) is 6.23. The number of rotatable bonds is 4. The number of carbonyl (C=O) groups excluding carboxylic acids is 1. The summed E-state index contributed by atoms with van der Waals surface area (Å²) in [4.78, 5) is 31.1. The summed E-state index contributed by atoms with van der Waals surface area (Å²) in [5.41, 5.74) is 1.17. The van der Waals surface area contributed by atoms with Crippen LogP contribution in [0.1, 0.15) is 10.4 Å². The predicted molar refractivity (Wildman–Crippen MR) is 134 cm³/mol. The van der Waals surface area contributed by atoms with Crippen molar-refractivity contribution in [1.82, 2.24) is 15.0 Å². The maximum atomic E-state index is 13.2. The third kappa shape index (κ3) is 4.16. The molecule has 0 saturated carbocycles. The van der Waals surface area contributed by atoms with E-state index in [4.69, 9.17) is 14.5 Å². The number of aromatic nitrogens is 3. The summed E-state index contributed by atoms with van der Waals surface area (Å²) in [7, 11) is 0. The van der Waals surface area contributed by atoms with E-state index in [0.29, 0.717) is 36.0 Å². The molecule has 0 bridgehead atoms. The van der Waals surface area contributed by atoms with Crippen LogP contribution >= 0.6 is 0 Å². The molecule has 2 aliphatic rings. The van der Waals surface area contributed by atoms with Crippen LogP contribution in [-0.4, -0.2) is 60.3 Å². The van der Waals surface area contributed by atoms with Gasteiger partial charge in [0.05, 0.1) is 5.56 Å². The molecule has 6 rings (SSSR count). The fraction of sp³-hybridized carbons (Fsp3) is 0.231. The van der Waals surface area contributed by atoms with Crippen LogP contribution in [0.4, 0.5) is 17.5 Å². The Morgan fingerprint density at radius 2 is 1.51 bits per heavy atom. The molecule has 0 atom stereocenters. The van der Waals surface area contributed by atoms with E-state index in [9.17, 15) is 4.79 Å². The summed E-state index contributed by atoms with van der Waals surface area (Å²) in [5, 5.41) is 4.79. The number of ether oxygens (including phenoxy) is 2. The molecule has 0 unspecified atom stereocenters. The fourth-order valence-corrected chi connectivity index (χ4v) is 4.50. The molecule has 1 amide bonds. The summed E-state index contributed by atoms with van der Waals surface area (Å²) in [6, 6.07) is 15.1. The van der Waals surface area contributed by atoms with Crippen LogP contribution in [-0.2, 0) is 0 Å². The monoisotopic (exact) mass is 468 g/mol. The lowest BCUT2D eigenvalue weighted by Gasteiger charge is -2.35. The first-order chi connectivity index (χ1) is 17.3. The van der Waals surface area contributed by atoms with Crippen LogP contribution in [0.3, 0.4) is 0 Å². The number of carbonyl (C=O) groups is 1. The molecule has 0 spiro atoms. The van der Waals surface area contributed by atoms with Crippen LogP contribution in [0.15, 0.2) is 67.1 Å². The maximum Gasteiger partial charge on any atom is 0.257 e. The molecule has 0 aliphatic carbocycles. The van der Waals surface area contributed by atoms with Gasteiger partial charge in [0.1, 0.15) is 19.0 Å². The number of anilines is 3. The van der Waals surface area contributed by atoms with Gasteiger partial charge in [-0.2, -0.15) is 0 Å². The second-order valence-corrected chi connectivity index (χ2v) is 8.38. The van der Waals surface area contributed by atoms with Crippen LogP contribution in [0.25, 0.3) is 10.8 Å². The molecule has 4 heterocycles. The average Bonchev–Trinajstić information content (AvgIpc) is 2.93. The van der Waals surface area contributed by atoms with E-state index in [1.54, 1.807) is 24.7 Å². The molecule has 1 fully saturated rings. The van der Waals surface area contributed by atoms with Crippen LogP contribution in [0, 0.1) is 0 Å². The van der Waals surface area contributed by atoms with Crippen molar-refractivity contribution in [2.45, 2.75) is 0 Å². The number of nitrogens with one attached hydrogen (secondary N) is 1. The topological polar surface area (TPSA) is 92.7 Å². The Balaban J connectivity index is 1.23. The van der Waals surface area contributed by atoms with Gasteiger partial charge in [0, 0.05) is 61.9 Å². The number of piperazine rings is 1. The number of benzene rings is 2. The molecule has 9 nitrogen and oxygen atoms in total. The molecule has 1 saturated heterocycles. The van der Waals surface area contributed by atoms with Gasteiger partial charge in [-0.3, -0.25) is 4.79 Å². The summed E-state index contributed by atoms with van der Waals surface area (Å²) >= 11 is 0. The number of nitrogens with zero attached hydrogens (tertiary/aromatic N) is 5. The molecule has 1 N–H and O–H groups in total. The van der Waals surface area contributed by atoms with Crippen molar-refractivity contribution in [3.8, 4) is 11.5 Å². The number of pyridine rings is 1. The van der Waals surface area contributed by atoms with E-state index in [-0.39, 0.29) is 5.91 Å². The van der Waals surface area contributed by atoms with E-state index < -0.39 is 0 Å². The van der Waals surface area contributed by atoms with Crippen molar-refractivity contribution >= 4 is 34.1 Å². The predicted octanol–water partition coefficient (Wildman–Crippen LogP) is 3.37. The van der Waals surface area contributed by atoms with E-state index in [1.165, 1.54) is 0 Å². The fourth-order valence-electron chi connectivity index (χ4n) is 4.50. The molecular weight excluding hydrogens is 444 g/mol. The molecule has 4 aromatic rings. The summed E-state index contributed by atoms with van der Waals surface area (Å²) in [6.45, 7) is 4.19. The normalized spacial score (nSPS) is 15.2. The minimum absolute atomic E-state index is 0.219. The average molecular weight is 469 g/mol. The van der Waals surface area contributed by atoms with Gasteiger partial charge in [-0.1, -0.05) is 24.3 Å². The summed E-state index contributed by atoms with van der Waals surface area (Å²) in [6.07, 6.45) is 5.19. The van der Waals surface area contributed by atoms with Crippen molar-refractivity contribution in [2.75, 3.05) is 54.5 Å². The van der Waals surface area contributed by atoms with Gasteiger partial charge in [0.25, 0.3) is 5.91 Å². The van der Waals surface area contributed by atoms with Gasteiger partial charge in [-0.05, 0) is 23.6 Å². The Kier molecular flexibility index (Phi) is 5.50. The number of hydrogen-bond acceptors (Lipinski definition) is 8. The molecular formula is C26H24N6O3. The number of hydrogen-bond donors (Lipinski definition) is 1. The second-order valence-electron chi connectivity index (χ2n) is 8.38. The minimum atomic E-state index is -0.219. The van der Waals surface area contributed by atoms with Crippen molar-refractivity contribution in [2.24, 2.45) is 0 Å². The summed E-state index contributed by atoms with van der Waals surface area (Å²) in [5.74, 6) is 2.72. The maximum absolute atomic E-state index is 13.2. The molecule has 2 aromatic heterocycles. The Morgan fingerprint density at radius 3 is 2.31 bits per heavy atom. The Labute approximate surface area is 202 Å². The first kappa shape index (κ1) is 21.2. The van der Waals surface area contributed by atoms with Crippen molar-refractivity contribution in [3.05, 3.63) is 72.7 Å². The standard InChI is InChI=1S/C26H24N6O3/c33-25(30-18-6-7-22-23(16-18)35-15-14-34-22)21-17-29-24(20-5-2-1-4-19(20)21)31-10-12-32(13-11-31)26-27-8-3-9-28-26/h1-9,16-17H,10-15H2,(H,30,33). The lowest BCUT2D eigenvalue weighted by atomic mass is 10.1. The second kappa shape index (κ2) is 9.09. The van der Waals surface area contributed by atoms with Crippen LogP contribution in [0.2, 0.25) is 0 Å². The smallest absolute Gasteiger partial charge is 0.257 e. The van der Waals surface area contributed by atoms with E-state index in [1.807, 2.05) is 42.5 Å². The van der Waals surface area contributed by atoms with Crippen LogP contribution < -0.4 is 24.6 Å². The van der Waals surface area contributed by atoms with E-state index in [2.05, 4.69) is 25.1 Å². The molecule has 176 valence electrons. The molecule has 2 aliphatic heterocycles. The van der Waals surface area contributed by atoms with Gasteiger partial charge in [-0.25, -0.2) is 15.0 Å². The Hall–Kier alpha value is -4.40. The lowest BCUT2D eigenvalue weighted by molar-refractivity contribution is 0.102. The molecule has 0 radical (unpaired) electrons. The highest BCUT2D eigenvalue weighted by atomic mass is 16.6. The van der Waals surface area contributed by atoms with E-state index >= 15 is 0 Å². The highest BCUT2D eigenvalue weighted by molar-refractivity contribution is 6.14. The lowest BCUT2D eigenvalue weighted by Crippen LogP contribution is -2.47. The molecule has 35 heavy (non-hydrogen) atoms. The van der Waals surface area contributed by atoms with Gasteiger partial charge in [0.15, 0.2) is 11.5 Å². The minimum Gasteiger partial charge on any atom is -0.486 e. The quantitative estimate of drug-likeness (QED) is 0.487. The Bertz CT molecular complexity index is 1370. The third-order valence-corrected chi connectivity index (χ3v) is 6.23. The number of amides is 1. The first-order valence-electron chi connectivity index (χ1n) is 11.6. The SMILES string of the molecule is O=C(Nc1ccc2c(c1)OCCO2)c1cnc(N2CCN(c3ncccn3)CC2)c2ccccc12.